The summed E-state index contributed by atoms with van der Waals surface area (Å²) in [7, 11) is 0. The van der Waals surface area contributed by atoms with Gasteiger partial charge in [-0.3, -0.25) is 4.79 Å². The largest absolute Gasteiger partial charge is 0.478 e. The Bertz CT molecular complexity index is 429. The van der Waals surface area contributed by atoms with Crippen molar-refractivity contribution in [2.75, 3.05) is 6.54 Å². The van der Waals surface area contributed by atoms with E-state index in [1.807, 2.05) is 0 Å². The summed E-state index contributed by atoms with van der Waals surface area (Å²) in [6.07, 6.45) is 5.61. The molecule has 1 aromatic rings. The molecule has 0 aliphatic rings. The van der Waals surface area contributed by atoms with Gasteiger partial charge in [0.15, 0.2) is 0 Å². The van der Waals surface area contributed by atoms with Gasteiger partial charge in [-0.25, -0.2) is 4.79 Å². The molecule has 0 radical (unpaired) electrons. The number of benzene rings is 1. The maximum atomic E-state index is 11.9. The van der Waals surface area contributed by atoms with Crippen molar-refractivity contribution in [1.82, 2.24) is 5.32 Å². The van der Waals surface area contributed by atoms with Crippen LogP contribution in [-0.4, -0.2) is 23.5 Å². The summed E-state index contributed by atoms with van der Waals surface area (Å²) in [6.45, 7) is 2.75. The van der Waals surface area contributed by atoms with Crippen molar-refractivity contribution >= 4 is 11.9 Å². The molecule has 0 unspecified atom stereocenters. The Balaban J connectivity index is 2.43. The molecule has 0 aliphatic carbocycles. The SMILES string of the molecule is CCCCCCCNC(=O)c1ccccc1C(=O)O. The zero-order valence-corrected chi connectivity index (χ0v) is 11.3. The summed E-state index contributed by atoms with van der Waals surface area (Å²) in [5.41, 5.74) is 0.273. The van der Waals surface area contributed by atoms with Crippen LogP contribution in [0.1, 0.15) is 59.7 Å². The average molecular weight is 263 g/mol. The number of carbonyl (C=O) groups is 2. The number of unbranched alkanes of at least 4 members (excludes halogenated alkanes) is 4. The molecule has 4 nitrogen and oxygen atoms in total. The van der Waals surface area contributed by atoms with Crippen LogP contribution in [0.15, 0.2) is 24.3 Å². The summed E-state index contributed by atoms with van der Waals surface area (Å²) in [5.74, 6) is -1.39. The zero-order valence-electron chi connectivity index (χ0n) is 11.3. The molecule has 2 N–H and O–H groups in total. The molecule has 4 heteroatoms. The van der Waals surface area contributed by atoms with Gasteiger partial charge in [-0.05, 0) is 18.6 Å². The molecule has 19 heavy (non-hydrogen) atoms. The van der Waals surface area contributed by atoms with Gasteiger partial charge >= 0.3 is 5.97 Å². The van der Waals surface area contributed by atoms with Gasteiger partial charge < -0.3 is 10.4 Å². The second-order valence-corrected chi connectivity index (χ2v) is 4.52. The molecule has 0 saturated carbocycles. The van der Waals surface area contributed by atoms with Crippen LogP contribution in [-0.2, 0) is 0 Å². The molecule has 0 aliphatic heterocycles. The summed E-state index contributed by atoms with van der Waals surface area (Å²) in [6, 6.07) is 6.27. The summed E-state index contributed by atoms with van der Waals surface area (Å²) >= 11 is 0. The number of aromatic carboxylic acids is 1. The molecule has 0 bridgehead atoms. The highest BCUT2D eigenvalue weighted by atomic mass is 16.4. The third-order valence-corrected chi connectivity index (χ3v) is 2.97. The number of amides is 1. The van der Waals surface area contributed by atoms with Gasteiger partial charge in [0, 0.05) is 6.54 Å². The van der Waals surface area contributed by atoms with Gasteiger partial charge in [0.05, 0.1) is 11.1 Å². The normalized spacial score (nSPS) is 10.2. The monoisotopic (exact) mass is 263 g/mol. The predicted octanol–water partition coefficient (Wildman–Crippen LogP) is 3.09. The van der Waals surface area contributed by atoms with E-state index in [9.17, 15) is 9.59 Å². The fourth-order valence-corrected chi connectivity index (χ4v) is 1.89. The molecule has 0 saturated heterocycles. The van der Waals surface area contributed by atoms with E-state index in [0.717, 1.165) is 12.8 Å². The van der Waals surface area contributed by atoms with Crippen LogP contribution in [0.5, 0.6) is 0 Å². The van der Waals surface area contributed by atoms with Crippen LogP contribution in [0.25, 0.3) is 0 Å². The number of hydrogen-bond acceptors (Lipinski definition) is 2. The third kappa shape index (κ3) is 5.12. The minimum Gasteiger partial charge on any atom is -0.478 e. The van der Waals surface area contributed by atoms with Crippen LogP contribution in [0.2, 0.25) is 0 Å². The van der Waals surface area contributed by atoms with Gasteiger partial charge in [0.2, 0.25) is 0 Å². The lowest BCUT2D eigenvalue weighted by molar-refractivity contribution is 0.0691. The lowest BCUT2D eigenvalue weighted by atomic mass is 10.1. The Hall–Kier alpha value is -1.84. The van der Waals surface area contributed by atoms with Crippen LogP contribution in [0.4, 0.5) is 0 Å². The van der Waals surface area contributed by atoms with Gasteiger partial charge in [-0.15, -0.1) is 0 Å². The second kappa shape index (κ2) is 8.29. The van der Waals surface area contributed by atoms with E-state index < -0.39 is 5.97 Å². The molecule has 0 spiro atoms. The van der Waals surface area contributed by atoms with Crippen molar-refractivity contribution in [2.45, 2.75) is 39.0 Å². The molecule has 1 rings (SSSR count). The number of carboxylic acid groups (broad SMARTS) is 1. The van der Waals surface area contributed by atoms with Crippen LogP contribution >= 0.6 is 0 Å². The molecule has 0 fully saturated rings. The first-order valence-corrected chi connectivity index (χ1v) is 6.77. The van der Waals surface area contributed by atoms with Gasteiger partial charge in [-0.1, -0.05) is 44.7 Å². The van der Waals surface area contributed by atoms with E-state index in [-0.39, 0.29) is 17.0 Å². The molecule has 0 aromatic heterocycles. The molecule has 104 valence electrons. The highest BCUT2D eigenvalue weighted by Crippen LogP contribution is 2.08. The van der Waals surface area contributed by atoms with Crippen LogP contribution in [0.3, 0.4) is 0 Å². The van der Waals surface area contributed by atoms with Gasteiger partial charge in [-0.2, -0.15) is 0 Å². The van der Waals surface area contributed by atoms with E-state index in [1.54, 1.807) is 12.1 Å². The Morgan fingerprint density at radius 3 is 2.32 bits per heavy atom. The molecule has 1 amide bonds. The van der Waals surface area contributed by atoms with Crippen LogP contribution in [0, 0.1) is 0 Å². The van der Waals surface area contributed by atoms with Crippen LogP contribution < -0.4 is 5.32 Å². The highest BCUT2D eigenvalue weighted by molar-refractivity contribution is 6.04. The number of nitrogens with one attached hydrogen (secondary N) is 1. The zero-order chi connectivity index (χ0) is 14.1. The van der Waals surface area contributed by atoms with E-state index in [4.69, 9.17) is 5.11 Å². The minimum atomic E-state index is -1.08. The number of carboxylic acids is 1. The van der Waals surface area contributed by atoms with Crippen molar-refractivity contribution in [3.8, 4) is 0 Å². The molecule has 0 atom stereocenters. The maximum Gasteiger partial charge on any atom is 0.336 e. The summed E-state index contributed by atoms with van der Waals surface area (Å²) in [4.78, 5) is 22.9. The first kappa shape index (κ1) is 15.2. The van der Waals surface area contributed by atoms with Crippen molar-refractivity contribution in [2.24, 2.45) is 0 Å². The number of hydrogen-bond donors (Lipinski definition) is 2. The topological polar surface area (TPSA) is 66.4 Å². The lowest BCUT2D eigenvalue weighted by Crippen LogP contribution is -2.26. The fraction of sp³-hybridized carbons (Fsp3) is 0.467. The first-order chi connectivity index (χ1) is 9.16. The average Bonchev–Trinajstić information content (AvgIpc) is 2.42. The van der Waals surface area contributed by atoms with E-state index >= 15 is 0 Å². The van der Waals surface area contributed by atoms with E-state index in [0.29, 0.717) is 6.54 Å². The number of carbonyl (C=O) groups excluding carboxylic acids is 1. The third-order valence-electron chi connectivity index (χ3n) is 2.97. The predicted molar refractivity (Wildman–Crippen MR) is 74.5 cm³/mol. The molecular weight excluding hydrogens is 242 g/mol. The van der Waals surface area contributed by atoms with Gasteiger partial charge in [0.25, 0.3) is 5.91 Å². The van der Waals surface area contributed by atoms with Crippen molar-refractivity contribution < 1.29 is 14.7 Å². The maximum absolute atomic E-state index is 11.9. The van der Waals surface area contributed by atoms with Gasteiger partial charge in [0.1, 0.15) is 0 Å². The standard InChI is InChI=1S/C15H21NO3/c1-2-3-4-5-8-11-16-14(17)12-9-6-7-10-13(12)15(18)19/h6-7,9-10H,2-5,8,11H2,1H3,(H,16,17)(H,18,19). The van der Waals surface area contributed by atoms with Crippen molar-refractivity contribution in [3.63, 3.8) is 0 Å². The highest BCUT2D eigenvalue weighted by Gasteiger charge is 2.14. The number of rotatable bonds is 8. The smallest absolute Gasteiger partial charge is 0.336 e. The lowest BCUT2D eigenvalue weighted by Gasteiger charge is -2.07. The minimum absolute atomic E-state index is 0.0472. The Labute approximate surface area is 113 Å². The second-order valence-electron chi connectivity index (χ2n) is 4.52. The summed E-state index contributed by atoms with van der Waals surface area (Å²) in [5, 5.41) is 11.8. The summed E-state index contributed by atoms with van der Waals surface area (Å²) < 4.78 is 0. The first-order valence-electron chi connectivity index (χ1n) is 6.77. The Morgan fingerprint density at radius 1 is 1.05 bits per heavy atom. The molecule has 1 aromatic carbocycles. The van der Waals surface area contributed by atoms with E-state index in [2.05, 4.69) is 12.2 Å². The molecular formula is C15H21NO3. The Kier molecular flexibility index (Phi) is 6.64. The quantitative estimate of drug-likeness (QED) is 0.708. The molecule has 0 heterocycles. The van der Waals surface area contributed by atoms with Crippen molar-refractivity contribution in [1.29, 1.82) is 0 Å². The van der Waals surface area contributed by atoms with E-state index in [1.165, 1.54) is 31.4 Å². The Morgan fingerprint density at radius 2 is 1.68 bits per heavy atom. The van der Waals surface area contributed by atoms with Crippen molar-refractivity contribution in [3.05, 3.63) is 35.4 Å². The fourth-order valence-electron chi connectivity index (χ4n) is 1.89.